The van der Waals surface area contributed by atoms with Gasteiger partial charge in [-0.1, -0.05) is 6.92 Å². The van der Waals surface area contributed by atoms with Crippen LogP contribution < -0.4 is 5.73 Å². The van der Waals surface area contributed by atoms with Gasteiger partial charge in [-0.15, -0.1) is 0 Å². The van der Waals surface area contributed by atoms with E-state index in [-0.39, 0.29) is 18.5 Å². The predicted molar refractivity (Wildman–Crippen MR) is 62.0 cm³/mol. The van der Waals surface area contributed by atoms with Crippen LogP contribution in [0.15, 0.2) is 0 Å². The Morgan fingerprint density at radius 2 is 2.06 bits per heavy atom. The number of aliphatic carboxylic acids is 1. The normalized spacial score (nSPS) is 12.2. The second-order valence-corrected chi connectivity index (χ2v) is 4.08. The molecule has 0 aliphatic rings. The van der Waals surface area contributed by atoms with Crippen LogP contribution >= 0.6 is 0 Å². The topological polar surface area (TPSA) is 83.6 Å². The van der Waals surface area contributed by atoms with Gasteiger partial charge in [-0.25, -0.2) is 0 Å². The van der Waals surface area contributed by atoms with Gasteiger partial charge in [0.1, 0.15) is 6.54 Å². The molecule has 0 spiro atoms. The third kappa shape index (κ3) is 7.23. The molecule has 3 N–H and O–H groups in total. The molecule has 1 atom stereocenters. The molecule has 1 amide bonds. The van der Waals surface area contributed by atoms with E-state index in [1.165, 1.54) is 4.90 Å². The number of carbonyl (C=O) groups is 2. The number of nitrogens with two attached hydrogens (primary N) is 1. The summed E-state index contributed by atoms with van der Waals surface area (Å²) in [6.45, 7) is 4.11. The number of nitrogens with zero attached hydrogens (tertiary/aromatic N) is 1. The summed E-state index contributed by atoms with van der Waals surface area (Å²) in [4.78, 5) is 23.6. The zero-order valence-corrected chi connectivity index (χ0v) is 10.1. The minimum absolute atomic E-state index is 0.0897. The molecule has 0 bridgehead atoms. The molecule has 94 valence electrons. The van der Waals surface area contributed by atoms with Crippen LogP contribution in [-0.4, -0.2) is 41.0 Å². The van der Waals surface area contributed by atoms with Gasteiger partial charge < -0.3 is 15.7 Å². The highest BCUT2D eigenvalue weighted by atomic mass is 16.4. The summed E-state index contributed by atoms with van der Waals surface area (Å²) < 4.78 is 0. The molecule has 5 heteroatoms. The van der Waals surface area contributed by atoms with E-state index in [4.69, 9.17) is 10.8 Å². The van der Waals surface area contributed by atoms with Crippen LogP contribution in [0.1, 0.15) is 39.5 Å². The summed E-state index contributed by atoms with van der Waals surface area (Å²) in [6.07, 6.45) is 2.66. The van der Waals surface area contributed by atoms with E-state index in [2.05, 4.69) is 0 Å². The lowest BCUT2D eigenvalue weighted by Gasteiger charge is -2.20. The molecular formula is C11H22N2O3. The Balaban J connectivity index is 4.01. The van der Waals surface area contributed by atoms with Crippen LogP contribution in [0.4, 0.5) is 0 Å². The van der Waals surface area contributed by atoms with E-state index >= 15 is 0 Å². The van der Waals surface area contributed by atoms with Gasteiger partial charge in [0.25, 0.3) is 0 Å². The van der Waals surface area contributed by atoms with Crippen molar-refractivity contribution in [1.29, 1.82) is 0 Å². The minimum atomic E-state index is -0.964. The van der Waals surface area contributed by atoms with E-state index in [1.807, 2.05) is 13.8 Å². The van der Waals surface area contributed by atoms with Gasteiger partial charge in [0, 0.05) is 19.0 Å². The standard InChI is InChI=1S/C11H22N2O3/c1-3-7-13(8-11(15)16)10(14)6-4-5-9(2)12/h9H,3-8,12H2,1-2H3,(H,15,16). The number of hydrogen-bond acceptors (Lipinski definition) is 3. The summed E-state index contributed by atoms with van der Waals surface area (Å²) in [5, 5.41) is 8.66. The molecule has 0 saturated carbocycles. The van der Waals surface area contributed by atoms with Gasteiger partial charge in [0.05, 0.1) is 0 Å². The van der Waals surface area contributed by atoms with Crippen molar-refractivity contribution in [3.05, 3.63) is 0 Å². The summed E-state index contributed by atoms with van der Waals surface area (Å²) in [5.74, 6) is -1.06. The fourth-order valence-electron chi connectivity index (χ4n) is 1.46. The first kappa shape index (κ1) is 14.9. The quantitative estimate of drug-likeness (QED) is 0.647. The molecule has 1 unspecified atom stereocenters. The Morgan fingerprint density at radius 3 is 2.50 bits per heavy atom. The van der Waals surface area contributed by atoms with E-state index in [0.717, 1.165) is 19.3 Å². The lowest BCUT2D eigenvalue weighted by molar-refractivity contribution is -0.144. The lowest BCUT2D eigenvalue weighted by atomic mass is 10.1. The van der Waals surface area contributed by atoms with E-state index in [9.17, 15) is 9.59 Å². The van der Waals surface area contributed by atoms with Crippen molar-refractivity contribution in [2.75, 3.05) is 13.1 Å². The highest BCUT2D eigenvalue weighted by molar-refractivity contribution is 5.81. The number of rotatable bonds is 8. The van der Waals surface area contributed by atoms with Crippen LogP contribution in [0.5, 0.6) is 0 Å². The summed E-state index contributed by atoms with van der Waals surface area (Å²) >= 11 is 0. The molecule has 0 saturated heterocycles. The molecule has 0 aromatic rings. The highest BCUT2D eigenvalue weighted by Crippen LogP contribution is 2.03. The first-order chi connectivity index (χ1) is 7.47. The predicted octanol–water partition coefficient (Wildman–Crippen LogP) is 0.827. The van der Waals surface area contributed by atoms with Gasteiger partial charge in [0.15, 0.2) is 0 Å². The number of carboxylic acids is 1. The second kappa shape index (κ2) is 8.10. The SMILES string of the molecule is CCCN(CC(=O)O)C(=O)CCCC(C)N. The van der Waals surface area contributed by atoms with Crippen molar-refractivity contribution < 1.29 is 14.7 Å². The van der Waals surface area contributed by atoms with Crippen LogP contribution in [0.25, 0.3) is 0 Å². The maximum Gasteiger partial charge on any atom is 0.323 e. The molecule has 0 rings (SSSR count). The highest BCUT2D eigenvalue weighted by Gasteiger charge is 2.15. The Kier molecular flexibility index (Phi) is 7.54. The molecule has 0 fully saturated rings. The number of carboxylic acid groups (broad SMARTS) is 1. The monoisotopic (exact) mass is 230 g/mol. The maximum absolute atomic E-state index is 11.7. The van der Waals surface area contributed by atoms with Crippen LogP contribution in [-0.2, 0) is 9.59 Å². The molecule has 0 aliphatic heterocycles. The lowest BCUT2D eigenvalue weighted by Crippen LogP contribution is -2.36. The largest absolute Gasteiger partial charge is 0.480 e. The zero-order chi connectivity index (χ0) is 12.6. The van der Waals surface area contributed by atoms with Crippen LogP contribution in [0.3, 0.4) is 0 Å². The Morgan fingerprint density at radius 1 is 1.44 bits per heavy atom. The van der Waals surface area contributed by atoms with Gasteiger partial charge in [-0.05, 0) is 26.2 Å². The molecule has 0 aliphatic carbocycles. The maximum atomic E-state index is 11.7. The third-order valence-corrected chi connectivity index (χ3v) is 2.22. The molecule has 0 aromatic carbocycles. The average Bonchev–Trinajstić information content (AvgIpc) is 2.15. The second-order valence-electron chi connectivity index (χ2n) is 4.08. The van der Waals surface area contributed by atoms with Gasteiger partial charge in [0.2, 0.25) is 5.91 Å². The van der Waals surface area contributed by atoms with Crippen molar-refractivity contribution in [1.82, 2.24) is 4.90 Å². The fraction of sp³-hybridized carbons (Fsp3) is 0.818. The first-order valence-electron chi connectivity index (χ1n) is 5.72. The van der Waals surface area contributed by atoms with Gasteiger partial charge in [-0.3, -0.25) is 9.59 Å². The molecular weight excluding hydrogens is 208 g/mol. The number of amides is 1. The van der Waals surface area contributed by atoms with E-state index in [1.54, 1.807) is 0 Å². The zero-order valence-electron chi connectivity index (χ0n) is 10.1. The van der Waals surface area contributed by atoms with Crippen LogP contribution in [0.2, 0.25) is 0 Å². The van der Waals surface area contributed by atoms with Gasteiger partial charge >= 0.3 is 5.97 Å². The molecule has 0 aromatic heterocycles. The minimum Gasteiger partial charge on any atom is -0.480 e. The van der Waals surface area contributed by atoms with Crippen molar-refractivity contribution in [2.24, 2.45) is 5.73 Å². The average molecular weight is 230 g/mol. The van der Waals surface area contributed by atoms with E-state index < -0.39 is 5.97 Å². The van der Waals surface area contributed by atoms with Crippen molar-refractivity contribution in [3.63, 3.8) is 0 Å². The molecule has 0 radical (unpaired) electrons. The fourth-order valence-corrected chi connectivity index (χ4v) is 1.46. The Bertz CT molecular complexity index is 229. The molecule has 16 heavy (non-hydrogen) atoms. The third-order valence-electron chi connectivity index (χ3n) is 2.22. The summed E-state index contributed by atoms with van der Waals surface area (Å²) in [6, 6.07) is 0.0897. The smallest absolute Gasteiger partial charge is 0.323 e. The Labute approximate surface area is 96.6 Å². The Hall–Kier alpha value is -1.10. The van der Waals surface area contributed by atoms with Crippen molar-refractivity contribution in [2.45, 2.75) is 45.6 Å². The van der Waals surface area contributed by atoms with Gasteiger partial charge in [-0.2, -0.15) is 0 Å². The summed E-state index contributed by atoms with van der Waals surface area (Å²) in [7, 11) is 0. The first-order valence-corrected chi connectivity index (χ1v) is 5.72. The molecule has 5 nitrogen and oxygen atoms in total. The summed E-state index contributed by atoms with van der Waals surface area (Å²) in [5.41, 5.74) is 5.58. The molecule has 0 heterocycles. The van der Waals surface area contributed by atoms with Crippen molar-refractivity contribution >= 4 is 11.9 Å². The van der Waals surface area contributed by atoms with Crippen molar-refractivity contribution in [3.8, 4) is 0 Å². The number of hydrogen-bond donors (Lipinski definition) is 2. The number of carbonyl (C=O) groups excluding carboxylic acids is 1. The van der Waals surface area contributed by atoms with E-state index in [0.29, 0.717) is 13.0 Å². The van der Waals surface area contributed by atoms with Crippen LogP contribution in [0, 0.1) is 0 Å².